The van der Waals surface area contributed by atoms with Crippen molar-refractivity contribution < 1.29 is 14.6 Å². The Morgan fingerprint density at radius 3 is 2.83 bits per heavy atom. The van der Waals surface area contributed by atoms with Crippen LogP contribution in [0, 0.1) is 0 Å². The summed E-state index contributed by atoms with van der Waals surface area (Å²) in [6, 6.07) is 6.05. The number of carbonyl (C=O) groups is 1. The van der Waals surface area contributed by atoms with Crippen molar-refractivity contribution in [1.29, 1.82) is 0 Å². The van der Waals surface area contributed by atoms with Crippen LogP contribution in [0.15, 0.2) is 18.2 Å². The number of aliphatic hydroxyl groups excluding tert-OH is 1. The Morgan fingerprint density at radius 2 is 2.06 bits per heavy atom. The van der Waals surface area contributed by atoms with Crippen LogP contribution in [0.2, 0.25) is 0 Å². The Morgan fingerprint density at radius 1 is 1.28 bits per heavy atom. The summed E-state index contributed by atoms with van der Waals surface area (Å²) in [6.45, 7) is 0.218. The number of aliphatic hydroxyl groups is 1. The Hall–Kier alpha value is -1.55. The number of carbonyl (C=O) groups excluding carboxylic acids is 1. The van der Waals surface area contributed by atoms with Crippen molar-refractivity contribution in [1.82, 2.24) is 5.32 Å². The minimum Gasteiger partial charge on any atom is -0.484 e. The summed E-state index contributed by atoms with van der Waals surface area (Å²) >= 11 is 0. The summed E-state index contributed by atoms with van der Waals surface area (Å²) in [5.74, 6) is 0.538. The average Bonchev–Trinajstić information content (AvgIpc) is 2.42. The summed E-state index contributed by atoms with van der Waals surface area (Å²) in [4.78, 5) is 11.3. The topological polar surface area (TPSA) is 58.6 Å². The zero-order chi connectivity index (χ0) is 12.8. The van der Waals surface area contributed by atoms with Gasteiger partial charge in [0.1, 0.15) is 5.75 Å². The van der Waals surface area contributed by atoms with E-state index in [0.717, 1.165) is 18.6 Å². The number of aryl methyl sites for hydroxylation is 2. The predicted octanol–water partition coefficient (Wildman–Crippen LogP) is 1.05. The molecule has 0 heterocycles. The molecule has 1 aliphatic carbocycles. The summed E-state index contributed by atoms with van der Waals surface area (Å²) in [6.07, 6.45) is 4.74. The maximum Gasteiger partial charge on any atom is 0.258 e. The molecule has 18 heavy (non-hydrogen) atoms. The highest BCUT2D eigenvalue weighted by Crippen LogP contribution is 2.25. The molecule has 0 fully saturated rings. The lowest BCUT2D eigenvalue weighted by molar-refractivity contribution is -0.123. The molecule has 4 heteroatoms. The van der Waals surface area contributed by atoms with Gasteiger partial charge in [-0.1, -0.05) is 6.07 Å². The molecule has 1 aliphatic rings. The van der Waals surface area contributed by atoms with E-state index >= 15 is 0 Å². The normalized spacial score (nSPS) is 13.8. The fourth-order valence-electron chi connectivity index (χ4n) is 2.19. The van der Waals surface area contributed by atoms with Crippen molar-refractivity contribution in [3.05, 3.63) is 29.3 Å². The molecule has 0 saturated carbocycles. The van der Waals surface area contributed by atoms with Crippen molar-refractivity contribution in [2.24, 2.45) is 0 Å². The summed E-state index contributed by atoms with van der Waals surface area (Å²) in [5, 5.41) is 11.1. The first-order chi connectivity index (χ1) is 8.79. The highest BCUT2D eigenvalue weighted by molar-refractivity contribution is 5.77. The first-order valence-electron chi connectivity index (χ1n) is 6.42. The Kier molecular flexibility index (Phi) is 4.59. The minimum absolute atomic E-state index is 0.00120. The molecule has 1 amide bonds. The molecule has 2 rings (SSSR count). The molecule has 0 bridgehead atoms. The van der Waals surface area contributed by atoms with Gasteiger partial charge >= 0.3 is 0 Å². The van der Waals surface area contributed by atoms with Crippen LogP contribution in [-0.2, 0) is 17.6 Å². The monoisotopic (exact) mass is 249 g/mol. The van der Waals surface area contributed by atoms with E-state index < -0.39 is 0 Å². The second-order valence-corrected chi connectivity index (χ2v) is 4.50. The zero-order valence-electron chi connectivity index (χ0n) is 10.4. The smallest absolute Gasteiger partial charge is 0.258 e. The van der Waals surface area contributed by atoms with Crippen molar-refractivity contribution in [3.63, 3.8) is 0 Å². The van der Waals surface area contributed by atoms with Crippen LogP contribution in [0.25, 0.3) is 0 Å². The largest absolute Gasteiger partial charge is 0.484 e. The molecule has 0 atom stereocenters. The van der Waals surface area contributed by atoms with Gasteiger partial charge in [-0.25, -0.2) is 0 Å². The van der Waals surface area contributed by atoms with Crippen molar-refractivity contribution >= 4 is 5.91 Å². The van der Waals surface area contributed by atoms with Gasteiger partial charge in [0.05, 0.1) is 6.61 Å². The third-order valence-electron chi connectivity index (χ3n) is 3.12. The molecule has 4 nitrogen and oxygen atoms in total. The minimum atomic E-state index is -0.207. The number of fused-ring (bicyclic) bond motifs is 1. The Labute approximate surface area is 107 Å². The fourth-order valence-corrected chi connectivity index (χ4v) is 2.19. The molecule has 1 aromatic carbocycles. The van der Waals surface area contributed by atoms with Gasteiger partial charge in [0.25, 0.3) is 5.91 Å². The first kappa shape index (κ1) is 12.9. The van der Waals surface area contributed by atoms with Gasteiger partial charge in [-0.15, -0.1) is 0 Å². The summed E-state index contributed by atoms with van der Waals surface area (Å²) < 4.78 is 5.44. The molecule has 0 saturated heterocycles. The number of amides is 1. The molecule has 1 aromatic rings. The number of hydrogen-bond donors (Lipinski definition) is 2. The number of benzene rings is 1. The average molecular weight is 249 g/mol. The standard InChI is InChI=1S/C14H19NO3/c16-8-7-15-14(17)10-18-13-6-5-11-3-1-2-4-12(11)9-13/h5-6,9,16H,1-4,7-8,10H2,(H,15,17). The second kappa shape index (κ2) is 6.40. The lowest BCUT2D eigenvalue weighted by atomic mass is 9.92. The van der Waals surface area contributed by atoms with Gasteiger partial charge in [0, 0.05) is 6.54 Å². The van der Waals surface area contributed by atoms with E-state index in [1.54, 1.807) is 0 Å². The van der Waals surface area contributed by atoms with E-state index in [2.05, 4.69) is 11.4 Å². The van der Waals surface area contributed by atoms with Crippen LogP contribution in [0.1, 0.15) is 24.0 Å². The van der Waals surface area contributed by atoms with Crippen LogP contribution < -0.4 is 10.1 Å². The maximum absolute atomic E-state index is 11.3. The Balaban J connectivity index is 1.88. The number of rotatable bonds is 5. The van der Waals surface area contributed by atoms with Crippen molar-refractivity contribution in [2.45, 2.75) is 25.7 Å². The van der Waals surface area contributed by atoms with Gasteiger partial charge in [0.15, 0.2) is 6.61 Å². The quantitative estimate of drug-likeness (QED) is 0.820. The predicted molar refractivity (Wildman–Crippen MR) is 68.7 cm³/mol. The third kappa shape index (κ3) is 3.47. The fraction of sp³-hybridized carbons (Fsp3) is 0.500. The zero-order valence-corrected chi connectivity index (χ0v) is 10.4. The maximum atomic E-state index is 11.3. The van der Waals surface area contributed by atoms with Crippen LogP contribution in [0.3, 0.4) is 0 Å². The van der Waals surface area contributed by atoms with E-state index in [1.807, 2.05) is 12.1 Å². The molecule has 2 N–H and O–H groups in total. The molecule has 0 unspecified atom stereocenters. The van der Waals surface area contributed by atoms with Crippen LogP contribution >= 0.6 is 0 Å². The van der Waals surface area contributed by atoms with Gasteiger partial charge in [-0.05, 0) is 48.9 Å². The third-order valence-corrected chi connectivity index (χ3v) is 3.12. The van der Waals surface area contributed by atoms with Gasteiger partial charge in [-0.3, -0.25) is 4.79 Å². The Bertz CT molecular complexity index is 418. The summed E-state index contributed by atoms with van der Waals surface area (Å²) in [7, 11) is 0. The van der Waals surface area contributed by atoms with E-state index in [0.29, 0.717) is 0 Å². The van der Waals surface area contributed by atoms with Gasteiger partial charge in [-0.2, -0.15) is 0 Å². The van der Waals surface area contributed by atoms with Crippen molar-refractivity contribution in [2.75, 3.05) is 19.8 Å². The molecular weight excluding hydrogens is 230 g/mol. The molecule has 0 aromatic heterocycles. The highest BCUT2D eigenvalue weighted by atomic mass is 16.5. The van der Waals surface area contributed by atoms with E-state index in [4.69, 9.17) is 9.84 Å². The number of nitrogens with one attached hydrogen (secondary N) is 1. The van der Waals surface area contributed by atoms with Crippen LogP contribution in [0.5, 0.6) is 5.75 Å². The lowest BCUT2D eigenvalue weighted by Crippen LogP contribution is -2.31. The number of hydrogen-bond acceptors (Lipinski definition) is 3. The van der Waals surface area contributed by atoms with Crippen LogP contribution in [-0.4, -0.2) is 30.8 Å². The first-order valence-corrected chi connectivity index (χ1v) is 6.42. The van der Waals surface area contributed by atoms with Gasteiger partial charge in [0.2, 0.25) is 0 Å². The molecule has 0 aliphatic heterocycles. The molecular formula is C14H19NO3. The van der Waals surface area contributed by atoms with Gasteiger partial charge < -0.3 is 15.2 Å². The van der Waals surface area contributed by atoms with Crippen LogP contribution in [0.4, 0.5) is 0 Å². The number of ether oxygens (including phenoxy) is 1. The van der Waals surface area contributed by atoms with E-state index in [1.165, 1.54) is 24.0 Å². The molecule has 98 valence electrons. The molecule has 0 radical (unpaired) electrons. The lowest BCUT2D eigenvalue weighted by Gasteiger charge is -2.16. The summed E-state index contributed by atoms with van der Waals surface area (Å²) in [5.41, 5.74) is 2.74. The molecule has 0 spiro atoms. The second-order valence-electron chi connectivity index (χ2n) is 4.50. The highest BCUT2D eigenvalue weighted by Gasteiger charge is 2.10. The van der Waals surface area contributed by atoms with Crippen molar-refractivity contribution in [3.8, 4) is 5.75 Å². The van der Waals surface area contributed by atoms with E-state index in [-0.39, 0.29) is 25.7 Å². The SMILES string of the molecule is O=C(COc1ccc2c(c1)CCCC2)NCCO. The van der Waals surface area contributed by atoms with E-state index in [9.17, 15) is 4.79 Å².